The largest absolute Gasteiger partial charge is 0.453 e. The Kier molecular flexibility index (Phi) is 3.46. The van der Waals surface area contributed by atoms with E-state index in [9.17, 15) is 0 Å². The lowest BCUT2D eigenvalue weighted by Crippen LogP contribution is -1.97. The van der Waals surface area contributed by atoms with Crippen molar-refractivity contribution in [1.29, 1.82) is 0 Å². The summed E-state index contributed by atoms with van der Waals surface area (Å²) < 4.78 is 5.91. The second-order valence-corrected chi connectivity index (χ2v) is 4.37. The van der Waals surface area contributed by atoms with Gasteiger partial charge in [0.1, 0.15) is 11.3 Å². The Morgan fingerprint density at radius 3 is 2.95 bits per heavy atom. The zero-order valence-electron chi connectivity index (χ0n) is 11.2. The summed E-state index contributed by atoms with van der Waals surface area (Å²) in [6.45, 7) is 2.89. The van der Waals surface area contributed by atoms with Crippen molar-refractivity contribution in [2.75, 3.05) is 11.9 Å². The minimum Gasteiger partial charge on any atom is -0.453 e. The van der Waals surface area contributed by atoms with Crippen LogP contribution in [0.15, 0.2) is 55.0 Å². The minimum atomic E-state index is 0.696. The van der Waals surface area contributed by atoms with E-state index in [4.69, 9.17) is 4.74 Å². The highest BCUT2D eigenvalue weighted by atomic mass is 16.5. The molecule has 3 aromatic rings. The van der Waals surface area contributed by atoms with Crippen LogP contribution < -0.4 is 10.1 Å². The number of nitrogens with one attached hydrogen (secondary N) is 1. The first-order chi connectivity index (χ1) is 9.86. The van der Waals surface area contributed by atoms with Crippen molar-refractivity contribution in [3.05, 3.63) is 55.0 Å². The fourth-order valence-corrected chi connectivity index (χ4v) is 2.06. The van der Waals surface area contributed by atoms with E-state index in [0.717, 1.165) is 28.9 Å². The molecule has 1 N–H and O–H groups in total. The lowest BCUT2D eigenvalue weighted by atomic mass is 10.2. The summed E-state index contributed by atoms with van der Waals surface area (Å²) in [4.78, 5) is 8.55. The molecule has 0 radical (unpaired) electrons. The monoisotopic (exact) mass is 265 g/mol. The van der Waals surface area contributed by atoms with Crippen molar-refractivity contribution in [2.45, 2.75) is 6.92 Å². The number of aromatic nitrogens is 2. The first-order valence-electron chi connectivity index (χ1n) is 6.57. The summed E-state index contributed by atoms with van der Waals surface area (Å²) >= 11 is 0. The smallest absolute Gasteiger partial charge is 0.153 e. The molecule has 100 valence electrons. The SMILES string of the molecule is CCNc1cncc(Oc2cccc3cccnc23)c1. The number of anilines is 1. The molecule has 4 heteroatoms. The Morgan fingerprint density at radius 1 is 1.15 bits per heavy atom. The summed E-state index contributed by atoms with van der Waals surface area (Å²) in [6, 6.07) is 11.7. The maximum absolute atomic E-state index is 5.91. The Bertz CT molecular complexity index is 722. The number of fused-ring (bicyclic) bond motifs is 1. The predicted octanol–water partition coefficient (Wildman–Crippen LogP) is 3.85. The van der Waals surface area contributed by atoms with Crippen LogP contribution in [0.4, 0.5) is 5.69 Å². The predicted molar refractivity (Wildman–Crippen MR) is 80.2 cm³/mol. The van der Waals surface area contributed by atoms with Gasteiger partial charge in [-0.05, 0) is 19.1 Å². The van der Waals surface area contributed by atoms with Crippen LogP contribution >= 0.6 is 0 Å². The number of hydrogen-bond acceptors (Lipinski definition) is 4. The molecule has 0 unspecified atom stereocenters. The van der Waals surface area contributed by atoms with Crippen LogP contribution in [0.1, 0.15) is 6.92 Å². The van der Waals surface area contributed by atoms with Gasteiger partial charge in [0.25, 0.3) is 0 Å². The summed E-state index contributed by atoms with van der Waals surface area (Å²) in [6.07, 6.45) is 5.24. The average Bonchev–Trinajstić information content (AvgIpc) is 2.48. The first-order valence-corrected chi connectivity index (χ1v) is 6.57. The molecule has 0 bridgehead atoms. The molecule has 2 heterocycles. The number of pyridine rings is 2. The Morgan fingerprint density at radius 2 is 2.05 bits per heavy atom. The highest BCUT2D eigenvalue weighted by molar-refractivity contribution is 5.84. The van der Waals surface area contributed by atoms with Gasteiger partial charge < -0.3 is 10.1 Å². The number of benzene rings is 1. The molecule has 0 aliphatic heterocycles. The second-order valence-electron chi connectivity index (χ2n) is 4.37. The number of ether oxygens (including phenoxy) is 1. The van der Waals surface area contributed by atoms with Crippen LogP contribution in [-0.2, 0) is 0 Å². The molecule has 0 saturated heterocycles. The lowest BCUT2D eigenvalue weighted by Gasteiger charge is -2.09. The highest BCUT2D eigenvalue weighted by Crippen LogP contribution is 2.28. The molecular weight excluding hydrogens is 250 g/mol. The fourth-order valence-electron chi connectivity index (χ4n) is 2.06. The fraction of sp³-hybridized carbons (Fsp3) is 0.125. The van der Waals surface area contributed by atoms with Gasteiger partial charge in [0.15, 0.2) is 5.75 Å². The van der Waals surface area contributed by atoms with E-state index in [2.05, 4.69) is 15.3 Å². The van der Waals surface area contributed by atoms with Crippen molar-refractivity contribution in [3.63, 3.8) is 0 Å². The maximum Gasteiger partial charge on any atom is 0.153 e. The summed E-state index contributed by atoms with van der Waals surface area (Å²) in [5.41, 5.74) is 1.79. The number of para-hydroxylation sites is 1. The second kappa shape index (κ2) is 5.57. The van der Waals surface area contributed by atoms with E-state index in [1.165, 1.54) is 0 Å². The molecule has 4 nitrogen and oxygen atoms in total. The minimum absolute atomic E-state index is 0.696. The van der Waals surface area contributed by atoms with Gasteiger partial charge in [-0.1, -0.05) is 18.2 Å². The van der Waals surface area contributed by atoms with E-state index in [-0.39, 0.29) is 0 Å². The standard InChI is InChI=1S/C16H15N3O/c1-2-18-13-9-14(11-17-10-13)20-15-7-3-5-12-6-4-8-19-16(12)15/h3-11,18H,2H2,1H3. The van der Waals surface area contributed by atoms with E-state index < -0.39 is 0 Å². The van der Waals surface area contributed by atoms with Crippen LogP contribution in [0.2, 0.25) is 0 Å². The van der Waals surface area contributed by atoms with Crippen molar-refractivity contribution in [3.8, 4) is 11.5 Å². The van der Waals surface area contributed by atoms with Crippen LogP contribution in [0.3, 0.4) is 0 Å². The number of hydrogen-bond donors (Lipinski definition) is 1. The summed E-state index contributed by atoms with van der Waals surface area (Å²) in [5.74, 6) is 1.43. The normalized spacial score (nSPS) is 10.4. The van der Waals surface area contributed by atoms with Gasteiger partial charge in [0.2, 0.25) is 0 Å². The highest BCUT2D eigenvalue weighted by Gasteiger charge is 2.05. The topological polar surface area (TPSA) is 47.0 Å². The molecule has 0 amide bonds. The van der Waals surface area contributed by atoms with Crippen LogP contribution in [0.5, 0.6) is 11.5 Å². The Labute approximate surface area is 117 Å². The van der Waals surface area contributed by atoms with Crippen molar-refractivity contribution in [1.82, 2.24) is 9.97 Å². The molecule has 1 aromatic carbocycles. The molecule has 2 aromatic heterocycles. The van der Waals surface area contributed by atoms with Crippen LogP contribution in [0, 0.1) is 0 Å². The van der Waals surface area contributed by atoms with E-state index >= 15 is 0 Å². The van der Waals surface area contributed by atoms with Gasteiger partial charge >= 0.3 is 0 Å². The molecule has 0 saturated carbocycles. The van der Waals surface area contributed by atoms with Gasteiger partial charge in [0.05, 0.1) is 18.1 Å². The van der Waals surface area contributed by atoms with E-state index in [0.29, 0.717) is 5.75 Å². The third-order valence-corrected chi connectivity index (χ3v) is 2.92. The summed E-state index contributed by atoms with van der Waals surface area (Å²) in [7, 11) is 0. The van der Waals surface area contributed by atoms with E-state index in [1.54, 1.807) is 18.6 Å². The molecule has 0 aliphatic rings. The zero-order valence-corrected chi connectivity index (χ0v) is 11.2. The lowest BCUT2D eigenvalue weighted by molar-refractivity contribution is 0.485. The quantitative estimate of drug-likeness (QED) is 0.778. The van der Waals surface area contributed by atoms with Crippen LogP contribution in [-0.4, -0.2) is 16.5 Å². The number of nitrogens with zero attached hydrogens (tertiary/aromatic N) is 2. The number of rotatable bonds is 4. The van der Waals surface area contributed by atoms with Gasteiger partial charge in [-0.2, -0.15) is 0 Å². The first kappa shape index (κ1) is 12.4. The molecule has 0 fully saturated rings. The van der Waals surface area contributed by atoms with Gasteiger partial charge in [-0.25, -0.2) is 0 Å². The molecule has 0 aliphatic carbocycles. The third-order valence-electron chi connectivity index (χ3n) is 2.92. The van der Waals surface area contributed by atoms with Gasteiger partial charge in [-0.3, -0.25) is 9.97 Å². The van der Waals surface area contributed by atoms with Crippen molar-refractivity contribution >= 4 is 16.6 Å². The summed E-state index contributed by atoms with van der Waals surface area (Å²) in [5, 5.41) is 4.27. The van der Waals surface area contributed by atoms with Gasteiger partial charge in [-0.15, -0.1) is 0 Å². The van der Waals surface area contributed by atoms with Crippen LogP contribution in [0.25, 0.3) is 10.9 Å². The molecule has 20 heavy (non-hydrogen) atoms. The average molecular weight is 265 g/mol. The third kappa shape index (κ3) is 2.54. The molecule has 0 spiro atoms. The van der Waals surface area contributed by atoms with E-state index in [1.807, 2.05) is 43.3 Å². The molecular formula is C16H15N3O. The Hall–Kier alpha value is -2.62. The van der Waals surface area contributed by atoms with Gasteiger partial charge in [0, 0.05) is 24.2 Å². The Balaban J connectivity index is 1.95. The molecule has 0 atom stereocenters. The van der Waals surface area contributed by atoms with Crippen molar-refractivity contribution in [2.24, 2.45) is 0 Å². The molecule has 3 rings (SSSR count). The van der Waals surface area contributed by atoms with Crippen molar-refractivity contribution < 1.29 is 4.74 Å². The zero-order chi connectivity index (χ0) is 13.8. The maximum atomic E-state index is 5.91.